The molecular formula is C20H20ClN7OS2. The van der Waals surface area contributed by atoms with Crippen LogP contribution < -0.4 is 5.32 Å². The molecule has 0 saturated carbocycles. The summed E-state index contributed by atoms with van der Waals surface area (Å²) >= 11 is 9.29. The normalized spacial score (nSPS) is 15.2. The lowest BCUT2D eigenvalue weighted by molar-refractivity contribution is 0.476. The van der Waals surface area contributed by atoms with Gasteiger partial charge >= 0.3 is 0 Å². The van der Waals surface area contributed by atoms with E-state index in [9.17, 15) is 5.11 Å². The quantitative estimate of drug-likeness (QED) is 0.405. The monoisotopic (exact) mass is 473 g/mol. The van der Waals surface area contributed by atoms with Crippen LogP contribution in [0, 0.1) is 0 Å². The average molecular weight is 474 g/mol. The summed E-state index contributed by atoms with van der Waals surface area (Å²) in [6, 6.07) is 7.02. The highest BCUT2D eigenvalue weighted by Gasteiger charge is 2.20. The summed E-state index contributed by atoms with van der Waals surface area (Å²) in [4.78, 5) is 14.8. The maximum absolute atomic E-state index is 10.1. The van der Waals surface area contributed by atoms with Crippen molar-refractivity contribution in [3.8, 4) is 28.4 Å². The third-order valence-electron chi connectivity index (χ3n) is 4.94. The average Bonchev–Trinajstić information content (AvgIpc) is 3.46. The van der Waals surface area contributed by atoms with E-state index in [4.69, 9.17) is 21.6 Å². The molecule has 1 fully saturated rings. The number of phenolic OH excluding ortho intramolecular Hbond substituents is 1. The highest BCUT2D eigenvalue weighted by molar-refractivity contribution is 7.94. The number of thiazole rings is 1. The molecule has 11 heteroatoms. The summed E-state index contributed by atoms with van der Waals surface area (Å²) in [5, 5.41) is 15.7. The smallest absolute Gasteiger partial charge is 0.223 e. The van der Waals surface area contributed by atoms with Gasteiger partial charge in [0.25, 0.3) is 0 Å². The molecule has 4 aromatic rings. The molecule has 3 aromatic heterocycles. The number of nitrogens with one attached hydrogen (secondary N) is 1. The molecule has 31 heavy (non-hydrogen) atoms. The number of fused-ring (bicyclic) bond motifs is 1. The molecule has 1 saturated heterocycles. The highest BCUT2D eigenvalue weighted by atomic mass is 35.5. The van der Waals surface area contributed by atoms with Crippen molar-refractivity contribution in [2.75, 3.05) is 38.5 Å². The zero-order chi connectivity index (χ0) is 21.4. The predicted molar refractivity (Wildman–Crippen MR) is 126 cm³/mol. The van der Waals surface area contributed by atoms with Crippen LogP contribution in [-0.2, 0) is 0 Å². The van der Waals surface area contributed by atoms with Gasteiger partial charge in [0.1, 0.15) is 11.4 Å². The highest BCUT2D eigenvalue weighted by Crippen LogP contribution is 2.36. The van der Waals surface area contributed by atoms with Crippen molar-refractivity contribution in [1.29, 1.82) is 0 Å². The molecule has 8 nitrogen and oxygen atoms in total. The number of phenols is 1. The van der Waals surface area contributed by atoms with Gasteiger partial charge in [-0.3, -0.25) is 4.40 Å². The van der Waals surface area contributed by atoms with E-state index in [1.165, 1.54) is 0 Å². The van der Waals surface area contributed by atoms with Gasteiger partial charge in [-0.25, -0.2) is 23.6 Å². The Labute approximate surface area is 192 Å². The van der Waals surface area contributed by atoms with Gasteiger partial charge in [0.2, 0.25) is 5.95 Å². The molecule has 0 spiro atoms. The standard InChI is InChI=1S/C20H20ClN7OS2/c1-26-8-9-27(31-26)7-6-23-19-22-5-4-15(24-19)18-17(25-20-28(18)10-11-30-20)13-2-3-14(21)16(29)12-13/h2-5,10-12,29H,6-9H2,1H3,(H,22,23,24). The first-order chi connectivity index (χ1) is 15.1. The molecule has 2 N–H and O–H groups in total. The number of imidazole rings is 1. The Hall–Kier alpha value is -2.37. The minimum Gasteiger partial charge on any atom is -0.506 e. The van der Waals surface area contributed by atoms with Crippen LogP contribution in [0.15, 0.2) is 42.0 Å². The van der Waals surface area contributed by atoms with Crippen LogP contribution in [0.25, 0.3) is 27.6 Å². The molecule has 1 aliphatic rings. The molecule has 1 aromatic carbocycles. The summed E-state index contributed by atoms with van der Waals surface area (Å²) in [5.74, 6) is 0.599. The molecule has 0 amide bonds. The zero-order valence-corrected chi connectivity index (χ0v) is 19.1. The summed E-state index contributed by atoms with van der Waals surface area (Å²) < 4.78 is 6.54. The van der Waals surface area contributed by atoms with E-state index in [1.54, 1.807) is 41.8 Å². The lowest BCUT2D eigenvalue weighted by atomic mass is 10.1. The van der Waals surface area contributed by atoms with E-state index in [0.29, 0.717) is 11.0 Å². The Kier molecular flexibility index (Phi) is 5.72. The van der Waals surface area contributed by atoms with E-state index in [-0.39, 0.29) is 5.75 Å². The number of aromatic hydroxyl groups is 1. The SMILES string of the molecule is CN1CCN(CCNc2nccc(-c3c(-c4ccc(Cl)c(O)c4)nc4sccn34)n2)S1. The second-order valence-electron chi connectivity index (χ2n) is 7.09. The van der Waals surface area contributed by atoms with Crippen molar-refractivity contribution < 1.29 is 5.11 Å². The van der Waals surface area contributed by atoms with Crippen LogP contribution in [0.5, 0.6) is 5.75 Å². The van der Waals surface area contributed by atoms with Gasteiger partial charge in [-0.1, -0.05) is 17.7 Å². The first-order valence-corrected chi connectivity index (χ1v) is 11.7. The third-order valence-corrected chi connectivity index (χ3v) is 7.08. The number of aromatic nitrogens is 4. The maximum Gasteiger partial charge on any atom is 0.223 e. The van der Waals surface area contributed by atoms with Crippen molar-refractivity contribution >= 4 is 46.0 Å². The lowest BCUT2D eigenvalue weighted by Crippen LogP contribution is -2.22. The Bertz CT molecular complexity index is 1230. The number of halogens is 1. The number of hydrogen-bond donors (Lipinski definition) is 2. The van der Waals surface area contributed by atoms with Crippen molar-refractivity contribution in [3.05, 3.63) is 47.1 Å². The first kappa shape index (κ1) is 20.5. The van der Waals surface area contributed by atoms with Gasteiger partial charge in [-0.15, -0.1) is 11.3 Å². The third kappa shape index (κ3) is 4.21. The van der Waals surface area contributed by atoms with Crippen molar-refractivity contribution in [2.24, 2.45) is 0 Å². The van der Waals surface area contributed by atoms with E-state index in [2.05, 4.69) is 26.0 Å². The van der Waals surface area contributed by atoms with Gasteiger partial charge in [0, 0.05) is 61.7 Å². The van der Waals surface area contributed by atoms with Crippen molar-refractivity contribution in [3.63, 3.8) is 0 Å². The molecule has 0 radical (unpaired) electrons. The topological polar surface area (TPSA) is 81.8 Å². The number of likely N-dealkylation sites (N-methyl/N-ethyl adjacent to an activating group) is 1. The second kappa shape index (κ2) is 8.64. The molecule has 0 atom stereocenters. The summed E-state index contributed by atoms with van der Waals surface area (Å²) in [6.07, 6.45) is 3.72. The van der Waals surface area contributed by atoms with Crippen LogP contribution in [0.3, 0.4) is 0 Å². The van der Waals surface area contributed by atoms with Crippen LogP contribution in [-0.4, -0.2) is 66.3 Å². The molecule has 4 heterocycles. The summed E-state index contributed by atoms with van der Waals surface area (Å²) in [6.45, 7) is 3.77. The largest absolute Gasteiger partial charge is 0.506 e. The summed E-state index contributed by atoms with van der Waals surface area (Å²) in [5.41, 5.74) is 3.11. The van der Waals surface area contributed by atoms with E-state index in [0.717, 1.165) is 53.8 Å². The van der Waals surface area contributed by atoms with E-state index >= 15 is 0 Å². The van der Waals surface area contributed by atoms with E-state index in [1.807, 2.05) is 28.1 Å². The molecule has 1 aliphatic heterocycles. The predicted octanol–water partition coefficient (Wildman–Crippen LogP) is 4.10. The van der Waals surface area contributed by atoms with Crippen LogP contribution in [0.1, 0.15) is 0 Å². The number of rotatable bonds is 6. The minimum atomic E-state index is 0.0249. The Balaban J connectivity index is 1.44. The minimum absolute atomic E-state index is 0.0249. The second-order valence-corrected chi connectivity index (χ2v) is 9.67. The fourth-order valence-electron chi connectivity index (χ4n) is 3.44. The lowest BCUT2D eigenvalue weighted by Gasteiger charge is -2.14. The molecule has 0 unspecified atom stereocenters. The van der Waals surface area contributed by atoms with Gasteiger partial charge in [-0.05, 0) is 25.2 Å². The number of anilines is 1. The molecule has 5 rings (SSSR count). The van der Waals surface area contributed by atoms with Gasteiger partial charge in [0.05, 0.1) is 16.4 Å². The van der Waals surface area contributed by atoms with Crippen LogP contribution in [0.4, 0.5) is 5.95 Å². The number of nitrogens with zero attached hydrogens (tertiary/aromatic N) is 6. The maximum atomic E-state index is 10.1. The molecule has 0 bridgehead atoms. The molecule has 160 valence electrons. The van der Waals surface area contributed by atoms with Gasteiger partial charge < -0.3 is 10.4 Å². The summed E-state index contributed by atoms with van der Waals surface area (Å²) in [7, 11) is 2.10. The molecule has 0 aliphatic carbocycles. The number of hydrogen-bond acceptors (Lipinski definition) is 9. The van der Waals surface area contributed by atoms with Gasteiger partial charge in [0.15, 0.2) is 4.96 Å². The fourth-order valence-corrected chi connectivity index (χ4v) is 5.17. The first-order valence-electron chi connectivity index (χ1n) is 9.74. The molecular weight excluding hydrogens is 454 g/mol. The van der Waals surface area contributed by atoms with Gasteiger partial charge in [-0.2, -0.15) is 0 Å². The number of benzene rings is 1. The van der Waals surface area contributed by atoms with Crippen molar-refractivity contribution in [2.45, 2.75) is 0 Å². The fraction of sp³-hybridized carbons (Fsp3) is 0.250. The Morgan fingerprint density at radius 1 is 1.23 bits per heavy atom. The van der Waals surface area contributed by atoms with Crippen LogP contribution in [0.2, 0.25) is 5.02 Å². The zero-order valence-electron chi connectivity index (χ0n) is 16.7. The van der Waals surface area contributed by atoms with Crippen molar-refractivity contribution in [1.82, 2.24) is 28.0 Å². The Morgan fingerprint density at radius 3 is 2.94 bits per heavy atom. The van der Waals surface area contributed by atoms with Crippen LogP contribution >= 0.6 is 35.1 Å². The Morgan fingerprint density at radius 2 is 2.13 bits per heavy atom. The van der Waals surface area contributed by atoms with E-state index < -0.39 is 0 Å².